The van der Waals surface area contributed by atoms with E-state index < -0.39 is 0 Å². The van der Waals surface area contributed by atoms with Crippen molar-refractivity contribution in [3.8, 4) is 5.75 Å². The zero-order valence-corrected chi connectivity index (χ0v) is 13.5. The van der Waals surface area contributed by atoms with E-state index in [0.29, 0.717) is 5.92 Å². The summed E-state index contributed by atoms with van der Waals surface area (Å²) in [5.41, 5.74) is 0.879. The van der Waals surface area contributed by atoms with E-state index in [-0.39, 0.29) is 5.82 Å². The minimum absolute atomic E-state index is 0.0783. The molecule has 2 aromatic rings. The average Bonchev–Trinajstić information content (AvgIpc) is 2.56. The lowest BCUT2D eigenvalue weighted by atomic mass is 9.90. The summed E-state index contributed by atoms with van der Waals surface area (Å²) in [4.78, 5) is 2.12. The molecule has 1 aliphatic heterocycles. The Morgan fingerprint density at radius 1 is 1.09 bits per heavy atom. The molecule has 1 saturated heterocycles. The minimum atomic E-state index is -0.0783. The van der Waals surface area contributed by atoms with Crippen molar-refractivity contribution < 1.29 is 9.13 Å². The van der Waals surface area contributed by atoms with Crippen LogP contribution in [0.25, 0.3) is 0 Å². The Morgan fingerprint density at radius 2 is 1.82 bits per heavy atom. The first-order chi connectivity index (χ1) is 10.8. The van der Waals surface area contributed by atoms with Gasteiger partial charge < -0.3 is 10.1 Å². The standard InChI is InChI=1S/C18H20FNOS/c1-21-14-5-7-15(8-6-14)22-17-4-2-3-16(19)18(17)13-9-11-20-12-10-13/h2-8,13,20H,9-12H2,1H3. The fourth-order valence-electron chi connectivity index (χ4n) is 2.88. The summed E-state index contributed by atoms with van der Waals surface area (Å²) in [6.45, 7) is 1.93. The van der Waals surface area contributed by atoms with Crippen LogP contribution in [0.5, 0.6) is 5.75 Å². The topological polar surface area (TPSA) is 21.3 Å². The largest absolute Gasteiger partial charge is 0.497 e. The third-order valence-electron chi connectivity index (χ3n) is 4.05. The number of hydrogen-bond donors (Lipinski definition) is 1. The van der Waals surface area contributed by atoms with E-state index in [1.807, 2.05) is 30.3 Å². The molecule has 3 rings (SSSR count). The highest BCUT2D eigenvalue weighted by Crippen LogP contribution is 2.38. The van der Waals surface area contributed by atoms with Crippen LogP contribution in [0.15, 0.2) is 52.3 Å². The second-order valence-electron chi connectivity index (χ2n) is 5.45. The maximum Gasteiger partial charge on any atom is 0.127 e. The van der Waals surface area contributed by atoms with E-state index in [2.05, 4.69) is 5.32 Å². The van der Waals surface area contributed by atoms with Gasteiger partial charge in [-0.3, -0.25) is 0 Å². The zero-order chi connectivity index (χ0) is 15.4. The lowest BCUT2D eigenvalue weighted by molar-refractivity contribution is 0.414. The molecule has 0 saturated carbocycles. The Morgan fingerprint density at radius 3 is 2.50 bits per heavy atom. The van der Waals surface area contributed by atoms with E-state index in [9.17, 15) is 4.39 Å². The smallest absolute Gasteiger partial charge is 0.127 e. The molecule has 4 heteroatoms. The van der Waals surface area contributed by atoms with Gasteiger partial charge in [-0.1, -0.05) is 17.8 Å². The van der Waals surface area contributed by atoms with Gasteiger partial charge in [0.05, 0.1) is 7.11 Å². The SMILES string of the molecule is COc1ccc(Sc2cccc(F)c2C2CCNCC2)cc1. The van der Waals surface area contributed by atoms with Gasteiger partial charge in [-0.15, -0.1) is 0 Å². The van der Waals surface area contributed by atoms with Gasteiger partial charge in [0, 0.05) is 15.4 Å². The van der Waals surface area contributed by atoms with Gasteiger partial charge in [-0.05, 0) is 68.2 Å². The molecular formula is C18H20FNOS. The molecule has 0 aliphatic carbocycles. The molecule has 0 bridgehead atoms. The molecule has 1 N–H and O–H groups in total. The quantitative estimate of drug-likeness (QED) is 0.900. The fraction of sp³-hybridized carbons (Fsp3) is 0.333. The van der Waals surface area contributed by atoms with Gasteiger partial charge in [0.1, 0.15) is 11.6 Å². The number of benzene rings is 2. The maximum absolute atomic E-state index is 14.4. The molecule has 1 aliphatic rings. The number of halogens is 1. The van der Waals surface area contributed by atoms with Crippen LogP contribution in [-0.4, -0.2) is 20.2 Å². The Kier molecular flexibility index (Phi) is 5.01. The Labute approximate surface area is 135 Å². The predicted octanol–water partition coefficient (Wildman–Crippen LogP) is 4.45. The Balaban J connectivity index is 1.87. The molecule has 0 spiro atoms. The first-order valence-corrected chi connectivity index (χ1v) is 8.40. The van der Waals surface area contributed by atoms with E-state index in [1.165, 1.54) is 0 Å². The van der Waals surface area contributed by atoms with Crippen molar-refractivity contribution in [1.82, 2.24) is 5.32 Å². The number of methoxy groups -OCH3 is 1. The Hall–Kier alpha value is -1.52. The van der Waals surface area contributed by atoms with Crippen LogP contribution in [0.4, 0.5) is 4.39 Å². The van der Waals surface area contributed by atoms with E-state index >= 15 is 0 Å². The average molecular weight is 317 g/mol. The zero-order valence-electron chi connectivity index (χ0n) is 12.6. The fourth-order valence-corrected chi connectivity index (χ4v) is 3.93. The molecule has 22 heavy (non-hydrogen) atoms. The summed E-state index contributed by atoms with van der Waals surface area (Å²) < 4.78 is 19.6. The summed E-state index contributed by atoms with van der Waals surface area (Å²) >= 11 is 1.63. The summed E-state index contributed by atoms with van der Waals surface area (Å²) in [5, 5.41) is 3.34. The highest BCUT2D eigenvalue weighted by molar-refractivity contribution is 7.99. The number of ether oxygens (including phenoxy) is 1. The highest BCUT2D eigenvalue weighted by Gasteiger charge is 2.22. The van der Waals surface area contributed by atoms with Crippen molar-refractivity contribution in [2.24, 2.45) is 0 Å². The van der Waals surface area contributed by atoms with Crippen LogP contribution in [0.2, 0.25) is 0 Å². The van der Waals surface area contributed by atoms with Gasteiger partial charge in [0.2, 0.25) is 0 Å². The molecule has 1 heterocycles. The highest BCUT2D eigenvalue weighted by atomic mass is 32.2. The van der Waals surface area contributed by atoms with E-state index in [0.717, 1.165) is 47.0 Å². The van der Waals surface area contributed by atoms with Gasteiger partial charge in [0.25, 0.3) is 0 Å². The summed E-state index contributed by atoms with van der Waals surface area (Å²) in [6.07, 6.45) is 1.99. The summed E-state index contributed by atoms with van der Waals surface area (Å²) in [5.74, 6) is 1.07. The maximum atomic E-state index is 14.4. The first-order valence-electron chi connectivity index (χ1n) is 7.59. The molecule has 116 valence electrons. The van der Waals surface area contributed by atoms with Crippen molar-refractivity contribution in [3.63, 3.8) is 0 Å². The normalized spacial score (nSPS) is 15.7. The summed E-state index contributed by atoms with van der Waals surface area (Å²) in [7, 11) is 1.66. The lowest BCUT2D eigenvalue weighted by Gasteiger charge is -2.25. The predicted molar refractivity (Wildman–Crippen MR) is 88.4 cm³/mol. The number of hydrogen-bond acceptors (Lipinski definition) is 3. The first kappa shape index (κ1) is 15.4. The van der Waals surface area contributed by atoms with Crippen molar-refractivity contribution in [3.05, 3.63) is 53.8 Å². The van der Waals surface area contributed by atoms with E-state index in [4.69, 9.17) is 4.74 Å². The van der Waals surface area contributed by atoms with Gasteiger partial charge in [0.15, 0.2) is 0 Å². The number of piperidine rings is 1. The van der Waals surface area contributed by atoms with Gasteiger partial charge in [-0.25, -0.2) is 4.39 Å². The third-order valence-corrected chi connectivity index (χ3v) is 5.13. The van der Waals surface area contributed by atoms with Crippen LogP contribution in [0, 0.1) is 5.82 Å². The molecule has 0 unspecified atom stereocenters. The molecule has 0 radical (unpaired) electrons. The monoisotopic (exact) mass is 317 g/mol. The van der Waals surface area contributed by atoms with Crippen molar-refractivity contribution in [2.75, 3.05) is 20.2 Å². The second-order valence-corrected chi connectivity index (χ2v) is 6.57. The van der Waals surface area contributed by atoms with Crippen LogP contribution in [-0.2, 0) is 0 Å². The molecule has 0 aromatic heterocycles. The molecule has 1 fully saturated rings. The number of rotatable bonds is 4. The molecule has 2 nitrogen and oxygen atoms in total. The Bertz CT molecular complexity index is 623. The number of nitrogens with one attached hydrogen (secondary N) is 1. The van der Waals surface area contributed by atoms with Crippen LogP contribution < -0.4 is 10.1 Å². The van der Waals surface area contributed by atoms with Crippen LogP contribution in [0.3, 0.4) is 0 Å². The van der Waals surface area contributed by atoms with Crippen molar-refractivity contribution in [1.29, 1.82) is 0 Å². The minimum Gasteiger partial charge on any atom is -0.497 e. The summed E-state index contributed by atoms with van der Waals surface area (Å²) in [6, 6.07) is 13.3. The molecular weight excluding hydrogens is 297 g/mol. The lowest BCUT2D eigenvalue weighted by Crippen LogP contribution is -2.27. The van der Waals surface area contributed by atoms with E-state index in [1.54, 1.807) is 31.0 Å². The molecule has 2 aromatic carbocycles. The van der Waals surface area contributed by atoms with Crippen molar-refractivity contribution in [2.45, 2.75) is 28.6 Å². The van der Waals surface area contributed by atoms with Crippen LogP contribution in [0.1, 0.15) is 24.3 Å². The van der Waals surface area contributed by atoms with Crippen LogP contribution >= 0.6 is 11.8 Å². The molecule has 0 atom stereocenters. The third kappa shape index (κ3) is 3.45. The van der Waals surface area contributed by atoms with Gasteiger partial charge >= 0.3 is 0 Å². The molecule has 0 amide bonds. The second kappa shape index (κ2) is 7.16. The van der Waals surface area contributed by atoms with Crippen molar-refractivity contribution >= 4 is 11.8 Å². The van der Waals surface area contributed by atoms with Gasteiger partial charge in [-0.2, -0.15) is 0 Å².